The fourth-order valence-electron chi connectivity index (χ4n) is 3.07. The predicted molar refractivity (Wildman–Crippen MR) is 111 cm³/mol. The van der Waals surface area contributed by atoms with Gasteiger partial charge in [-0.15, -0.1) is 0 Å². The Morgan fingerprint density at radius 2 is 1.87 bits per heavy atom. The van der Waals surface area contributed by atoms with E-state index in [4.69, 9.17) is 0 Å². The van der Waals surface area contributed by atoms with Gasteiger partial charge in [-0.05, 0) is 18.6 Å². The Morgan fingerprint density at radius 1 is 1.13 bits per heavy atom. The molecule has 4 aromatic rings. The lowest BCUT2D eigenvalue weighted by atomic mass is 10.1. The molecular formula is C21H18N6O3. The molecule has 0 saturated heterocycles. The van der Waals surface area contributed by atoms with Gasteiger partial charge in [-0.1, -0.05) is 48.5 Å². The molecule has 150 valence electrons. The summed E-state index contributed by atoms with van der Waals surface area (Å²) in [7, 11) is 0. The van der Waals surface area contributed by atoms with Gasteiger partial charge in [0.05, 0.1) is 16.3 Å². The molecule has 0 saturated carbocycles. The molecule has 0 fully saturated rings. The summed E-state index contributed by atoms with van der Waals surface area (Å²) >= 11 is 0. The van der Waals surface area contributed by atoms with Crippen molar-refractivity contribution in [3.8, 4) is 16.9 Å². The molecule has 0 spiro atoms. The predicted octanol–water partition coefficient (Wildman–Crippen LogP) is 3.59. The van der Waals surface area contributed by atoms with Gasteiger partial charge in [-0.2, -0.15) is 10.2 Å². The summed E-state index contributed by atoms with van der Waals surface area (Å²) in [5.41, 5.74) is 3.30. The highest BCUT2D eigenvalue weighted by Gasteiger charge is 2.16. The first-order valence-corrected chi connectivity index (χ1v) is 9.19. The summed E-state index contributed by atoms with van der Waals surface area (Å²) in [6.07, 6.45) is 2.33. The van der Waals surface area contributed by atoms with Gasteiger partial charge in [-0.25, -0.2) is 4.68 Å². The third-order valence-electron chi connectivity index (χ3n) is 4.53. The van der Waals surface area contributed by atoms with Crippen molar-refractivity contribution < 1.29 is 9.72 Å². The van der Waals surface area contributed by atoms with E-state index in [-0.39, 0.29) is 18.1 Å². The highest BCUT2D eigenvalue weighted by Crippen LogP contribution is 2.26. The molecule has 2 aromatic heterocycles. The maximum Gasteiger partial charge on any atom is 0.307 e. The molecule has 9 nitrogen and oxygen atoms in total. The Balaban J connectivity index is 1.65. The van der Waals surface area contributed by atoms with Crippen LogP contribution in [-0.4, -0.2) is 30.4 Å². The SMILES string of the molecule is Cc1ccccc1-n1nc(-c2ccccc2)cc1NC(=O)Cn1cc([N+](=O)[O-])cn1. The number of aromatic nitrogens is 4. The zero-order valence-corrected chi connectivity index (χ0v) is 16.1. The van der Waals surface area contributed by atoms with Crippen molar-refractivity contribution in [2.45, 2.75) is 13.5 Å². The topological polar surface area (TPSA) is 108 Å². The van der Waals surface area contributed by atoms with Crippen LogP contribution in [-0.2, 0) is 11.3 Å². The van der Waals surface area contributed by atoms with Crippen LogP contribution >= 0.6 is 0 Å². The number of rotatable bonds is 6. The number of carbonyl (C=O) groups excluding carboxylic acids is 1. The monoisotopic (exact) mass is 402 g/mol. The first-order valence-electron chi connectivity index (χ1n) is 9.19. The number of para-hydroxylation sites is 1. The summed E-state index contributed by atoms with van der Waals surface area (Å²) in [4.78, 5) is 22.8. The summed E-state index contributed by atoms with van der Waals surface area (Å²) in [6.45, 7) is 1.81. The lowest BCUT2D eigenvalue weighted by molar-refractivity contribution is -0.385. The molecule has 1 N–H and O–H groups in total. The minimum absolute atomic E-state index is 0.159. The van der Waals surface area contributed by atoms with E-state index in [9.17, 15) is 14.9 Å². The van der Waals surface area contributed by atoms with Crippen molar-refractivity contribution in [3.63, 3.8) is 0 Å². The van der Waals surface area contributed by atoms with Crippen LogP contribution in [0.1, 0.15) is 5.56 Å². The zero-order valence-electron chi connectivity index (χ0n) is 16.1. The quantitative estimate of drug-likeness (QED) is 0.392. The number of nitro groups is 1. The minimum atomic E-state index is -0.555. The molecule has 0 bridgehead atoms. The normalized spacial score (nSPS) is 10.7. The van der Waals surface area contributed by atoms with Crippen LogP contribution in [0, 0.1) is 17.0 Å². The zero-order chi connectivity index (χ0) is 21.1. The van der Waals surface area contributed by atoms with E-state index >= 15 is 0 Å². The molecule has 0 aliphatic heterocycles. The number of anilines is 1. The summed E-state index contributed by atoms with van der Waals surface area (Å²) < 4.78 is 2.90. The number of benzene rings is 2. The van der Waals surface area contributed by atoms with Crippen LogP contribution in [0.3, 0.4) is 0 Å². The standard InChI is InChI=1S/C21H18N6O3/c1-15-7-5-6-10-19(15)26-20(11-18(24-26)16-8-3-2-4-9-16)23-21(28)14-25-13-17(12-22-25)27(29)30/h2-13H,14H2,1H3,(H,23,28). The average Bonchev–Trinajstić information content (AvgIpc) is 3.36. The maximum atomic E-state index is 12.6. The van der Waals surface area contributed by atoms with E-state index in [2.05, 4.69) is 15.5 Å². The maximum absolute atomic E-state index is 12.6. The van der Waals surface area contributed by atoms with Crippen molar-refractivity contribution in [2.75, 3.05) is 5.32 Å². The second kappa shape index (κ2) is 8.00. The van der Waals surface area contributed by atoms with E-state index in [1.807, 2.05) is 61.5 Å². The Hall–Kier alpha value is -4.27. The van der Waals surface area contributed by atoms with Crippen LogP contribution in [0.25, 0.3) is 16.9 Å². The van der Waals surface area contributed by atoms with Gasteiger partial charge in [0, 0.05) is 11.6 Å². The molecule has 1 amide bonds. The second-order valence-corrected chi connectivity index (χ2v) is 6.68. The molecule has 0 radical (unpaired) electrons. The van der Waals surface area contributed by atoms with E-state index in [0.29, 0.717) is 11.5 Å². The van der Waals surface area contributed by atoms with Gasteiger partial charge in [0.25, 0.3) is 0 Å². The highest BCUT2D eigenvalue weighted by atomic mass is 16.6. The smallest absolute Gasteiger partial charge is 0.307 e. The van der Waals surface area contributed by atoms with Crippen LogP contribution in [0.4, 0.5) is 11.5 Å². The number of nitrogens with one attached hydrogen (secondary N) is 1. The van der Waals surface area contributed by atoms with Crippen molar-refractivity contribution >= 4 is 17.4 Å². The number of hydrogen-bond donors (Lipinski definition) is 1. The minimum Gasteiger partial charge on any atom is -0.309 e. The van der Waals surface area contributed by atoms with Gasteiger partial charge in [0.1, 0.15) is 24.8 Å². The number of nitrogens with zero attached hydrogens (tertiary/aromatic N) is 5. The third-order valence-corrected chi connectivity index (χ3v) is 4.53. The van der Waals surface area contributed by atoms with E-state index < -0.39 is 4.92 Å². The molecule has 9 heteroatoms. The molecule has 0 aliphatic rings. The number of amides is 1. The molecule has 2 heterocycles. The van der Waals surface area contributed by atoms with Crippen molar-refractivity contribution in [1.82, 2.24) is 19.6 Å². The Labute approximate surface area is 171 Å². The molecule has 30 heavy (non-hydrogen) atoms. The summed E-state index contributed by atoms with van der Waals surface area (Å²) in [5.74, 6) is 0.122. The van der Waals surface area contributed by atoms with Gasteiger partial charge in [0.15, 0.2) is 0 Å². The van der Waals surface area contributed by atoms with Crippen molar-refractivity contribution in [3.05, 3.63) is 88.7 Å². The third kappa shape index (κ3) is 3.95. The Kier molecular flexibility index (Phi) is 5.08. The van der Waals surface area contributed by atoms with E-state index in [0.717, 1.165) is 23.0 Å². The van der Waals surface area contributed by atoms with Gasteiger partial charge < -0.3 is 5.32 Å². The van der Waals surface area contributed by atoms with Crippen molar-refractivity contribution in [2.24, 2.45) is 0 Å². The summed E-state index contributed by atoms with van der Waals surface area (Å²) in [6, 6.07) is 19.2. The van der Waals surface area contributed by atoms with Crippen molar-refractivity contribution in [1.29, 1.82) is 0 Å². The first kappa shape index (κ1) is 19.1. The largest absolute Gasteiger partial charge is 0.309 e. The lowest BCUT2D eigenvalue weighted by Crippen LogP contribution is -2.21. The second-order valence-electron chi connectivity index (χ2n) is 6.68. The molecular weight excluding hydrogens is 384 g/mol. The van der Waals surface area contributed by atoms with Gasteiger partial charge in [0.2, 0.25) is 5.91 Å². The fourth-order valence-corrected chi connectivity index (χ4v) is 3.07. The fraction of sp³-hybridized carbons (Fsp3) is 0.0952. The van der Waals surface area contributed by atoms with Gasteiger partial charge >= 0.3 is 5.69 Å². The number of hydrogen-bond acceptors (Lipinski definition) is 5. The number of aryl methyl sites for hydroxylation is 1. The highest BCUT2D eigenvalue weighted by molar-refractivity contribution is 5.90. The molecule has 0 atom stereocenters. The van der Waals surface area contributed by atoms with Crippen LogP contribution in [0.5, 0.6) is 0 Å². The molecule has 2 aromatic carbocycles. The van der Waals surface area contributed by atoms with Gasteiger partial charge in [-0.3, -0.25) is 19.6 Å². The first-order chi connectivity index (χ1) is 14.5. The average molecular weight is 402 g/mol. The van der Waals surface area contributed by atoms with E-state index in [1.54, 1.807) is 10.7 Å². The Morgan fingerprint density at radius 3 is 2.57 bits per heavy atom. The summed E-state index contributed by atoms with van der Waals surface area (Å²) in [5, 5.41) is 22.2. The van der Waals surface area contributed by atoms with Crippen LogP contribution in [0.15, 0.2) is 73.1 Å². The van der Waals surface area contributed by atoms with Crippen LogP contribution < -0.4 is 5.32 Å². The van der Waals surface area contributed by atoms with E-state index in [1.165, 1.54) is 10.9 Å². The Bertz CT molecular complexity index is 1210. The lowest BCUT2D eigenvalue weighted by Gasteiger charge is -2.11. The molecule has 0 unspecified atom stereocenters. The molecule has 4 rings (SSSR count). The molecule has 0 aliphatic carbocycles. The van der Waals surface area contributed by atoms with Crippen LogP contribution in [0.2, 0.25) is 0 Å². The number of carbonyl (C=O) groups is 1.